The van der Waals surface area contributed by atoms with Gasteiger partial charge in [-0.2, -0.15) is 0 Å². The van der Waals surface area contributed by atoms with Crippen LogP contribution < -0.4 is 5.32 Å². The second kappa shape index (κ2) is 59.9. The maximum atomic E-state index is 13.3. The van der Waals surface area contributed by atoms with Crippen molar-refractivity contribution in [3.8, 4) is 0 Å². The molecule has 0 spiro atoms. The van der Waals surface area contributed by atoms with Gasteiger partial charge in [0.25, 0.3) is 0 Å². The predicted molar refractivity (Wildman–Crippen MR) is 365 cm³/mol. The number of allylic oxidation sites excluding steroid dienone is 5. The lowest BCUT2D eigenvalue weighted by Crippen LogP contribution is -2.65. The zero-order valence-corrected chi connectivity index (χ0v) is 57.2. The van der Waals surface area contributed by atoms with E-state index in [1.165, 1.54) is 263 Å². The van der Waals surface area contributed by atoms with E-state index >= 15 is 0 Å². The number of hydrogen-bond donors (Lipinski definition) is 9. The molecule has 89 heavy (non-hydrogen) atoms. The molecule has 0 radical (unpaired) electrons. The highest BCUT2D eigenvalue weighted by atomic mass is 16.7. The van der Waals surface area contributed by atoms with Crippen LogP contribution in [-0.2, 0) is 23.7 Å². The van der Waals surface area contributed by atoms with E-state index in [4.69, 9.17) is 18.9 Å². The second-order valence-electron chi connectivity index (χ2n) is 26.8. The standard InChI is InChI=1S/C75H141NO13/c1-3-5-7-9-11-13-15-17-19-21-22-23-24-25-26-27-28-29-30-31-32-33-34-35-36-37-38-39-40-41-42-43-45-47-49-51-53-55-57-59-67(80)76-63(64(79)58-56-54-52-50-48-46-44-20-18-16-14-12-10-8-6-4-2)62-86-74-72(85)70(83)73(66(61-78)88-74)89-75-71(84)69(82)68(81)65(60-77)87-75/h18,20,48,50,56,58,63-66,68-75,77-79,81-85H,3-17,19,21-47,49,51-55,57,59-62H2,1-2H3,(H,76,80)/b20-18+,50-48+,58-56+. The smallest absolute Gasteiger partial charge is 0.220 e. The Morgan fingerprint density at radius 3 is 1.10 bits per heavy atom. The van der Waals surface area contributed by atoms with Gasteiger partial charge in [-0.3, -0.25) is 4.79 Å². The number of ether oxygens (including phenoxy) is 4. The van der Waals surface area contributed by atoms with Gasteiger partial charge < -0.3 is 65.1 Å². The fourth-order valence-corrected chi connectivity index (χ4v) is 12.6. The zero-order chi connectivity index (χ0) is 64.5. The second-order valence-corrected chi connectivity index (χ2v) is 26.8. The van der Waals surface area contributed by atoms with Crippen LogP contribution in [0.3, 0.4) is 0 Å². The maximum Gasteiger partial charge on any atom is 0.220 e. The Bertz CT molecular complexity index is 1630. The van der Waals surface area contributed by atoms with Crippen molar-refractivity contribution >= 4 is 5.91 Å². The van der Waals surface area contributed by atoms with Gasteiger partial charge >= 0.3 is 0 Å². The molecule has 2 saturated heterocycles. The minimum Gasteiger partial charge on any atom is -0.394 e. The van der Waals surface area contributed by atoms with E-state index in [0.717, 1.165) is 44.9 Å². The summed E-state index contributed by atoms with van der Waals surface area (Å²) in [6, 6.07) is -0.936. The lowest BCUT2D eigenvalue weighted by Gasteiger charge is -2.46. The van der Waals surface area contributed by atoms with Crippen LogP contribution in [0.1, 0.15) is 341 Å². The van der Waals surface area contributed by atoms with Crippen LogP contribution in [0.25, 0.3) is 0 Å². The largest absolute Gasteiger partial charge is 0.394 e. The van der Waals surface area contributed by atoms with Gasteiger partial charge in [-0.05, 0) is 44.9 Å². The normalized spacial score (nSPS) is 23.2. The molecule has 14 nitrogen and oxygen atoms in total. The van der Waals surface area contributed by atoms with Gasteiger partial charge in [0.2, 0.25) is 5.91 Å². The fourth-order valence-electron chi connectivity index (χ4n) is 12.6. The molecule has 0 saturated carbocycles. The third kappa shape index (κ3) is 43.7. The Hall–Kier alpha value is -1.79. The maximum absolute atomic E-state index is 13.3. The van der Waals surface area contributed by atoms with Crippen LogP contribution in [0, 0.1) is 0 Å². The van der Waals surface area contributed by atoms with Gasteiger partial charge in [0.05, 0.1) is 32.0 Å². The molecule has 9 N–H and O–H groups in total. The average molecular weight is 1260 g/mol. The summed E-state index contributed by atoms with van der Waals surface area (Å²) in [7, 11) is 0. The number of nitrogens with one attached hydrogen (secondary N) is 1. The van der Waals surface area contributed by atoms with E-state index in [1.807, 2.05) is 6.08 Å². The number of aliphatic hydroxyl groups is 8. The highest BCUT2D eigenvalue weighted by molar-refractivity contribution is 5.76. The minimum atomic E-state index is -1.79. The number of carbonyl (C=O) groups excluding carboxylic acids is 1. The van der Waals surface area contributed by atoms with Gasteiger partial charge in [-0.25, -0.2) is 0 Å². The molecule has 0 aromatic carbocycles. The summed E-state index contributed by atoms with van der Waals surface area (Å²) in [5, 5.41) is 87.3. The number of unbranched alkanes of at least 4 members (excludes halogenated alkanes) is 46. The van der Waals surface area contributed by atoms with Crippen molar-refractivity contribution in [1.29, 1.82) is 0 Å². The molecule has 0 aromatic rings. The van der Waals surface area contributed by atoms with Crippen molar-refractivity contribution in [1.82, 2.24) is 5.32 Å². The monoisotopic (exact) mass is 1260 g/mol. The summed E-state index contributed by atoms with van der Waals surface area (Å²) >= 11 is 0. The molecule has 0 aliphatic carbocycles. The molecule has 1 amide bonds. The van der Waals surface area contributed by atoms with Crippen molar-refractivity contribution < 1.29 is 64.6 Å². The third-order valence-electron chi connectivity index (χ3n) is 18.6. The summed E-state index contributed by atoms with van der Waals surface area (Å²) < 4.78 is 22.8. The van der Waals surface area contributed by atoms with Gasteiger partial charge in [0, 0.05) is 6.42 Å². The van der Waals surface area contributed by atoms with E-state index < -0.39 is 86.8 Å². The van der Waals surface area contributed by atoms with Crippen LogP contribution in [-0.4, -0.2) is 140 Å². The SMILES string of the molecule is CCCCCCCC/C=C/CC/C=C/CC/C=C/C(O)C(COC1OC(CO)C(OC2OC(CO)C(O)C(O)C2O)C(O)C1O)NC(=O)CCCCCCCCCCCCCCCCCCCCCCCCCCCCCCCCCCCCCCCCC. The van der Waals surface area contributed by atoms with Crippen molar-refractivity contribution in [3.05, 3.63) is 36.5 Å². The summed E-state index contributed by atoms with van der Waals surface area (Å²) in [6.45, 7) is 2.80. The average Bonchev–Trinajstić information content (AvgIpc) is 2.81. The van der Waals surface area contributed by atoms with Crippen molar-refractivity contribution in [2.75, 3.05) is 19.8 Å². The molecule has 2 rings (SSSR count). The topological polar surface area (TPSA) is 228 Å². The first-order valence-electron chi connectivity index (χ1n) is 37.7. The summed E-state index contributed by atoms with van der Waals surface area (Å²) in [5.41, 5.74) is 0. The summed E-state index contributed by atoms with van der Waals surface area (Å²) in [6.07, 6.45) is 61.1. The Morgan fingerprint density at radius 2 is 0.719 bits per heavy atom. The highest BCUT2D eigenvalue weighted by Gasteiger charge is 2.51. The predicted octanol–water partition coefficient (Wildman–Crippen LogP) is 16.1. The van der Waals surface area contributed by atoms with E-state index in [2.05, 4.69) is 43.5 Å². The first-order valence-corrected chi connectivity index (χ1v) is 37.7. The van der Waals surface area contributed by atoms with Crippen LogP contribution in [0.2, 0.25) is 0 Å². The Labute approximate surface area is 544 Å². The molecule has 0 aromatic heterocycles. The first-order chi connectivity index (χ1) is 43.6. The lowest BCUT2D eigenvalue weighted by molar-refractivity contribution is -0.359. The van der Waals surface area contributed by atoms with Crippen molar-refractivity contribution in [2.24, 2.45) is 0 Å². The summed E-state index contributed by atoms with van der Waals surface area (Å²) in [5.74, 6) is -0.247. The molecule has 14 heteroatoms. The van der Waals surface area contributed by atoms with Gasteiger partial charge in [-0.15, -0.1) is 0 Å². The van der Waals surface area contributed by atoms with Gasteiger partial charge in [0.1, 0.15) is 48.8 Å². The van der Waals surface area contributed by atoms with Crippen LogP contribution in [0.5, 0.6) is 0 Å². The molecule has 2 fully saturated rings. The lowest BCUT2D eigenvalue weighted by atomic mass is 9.97. The first kappa shape index (κ1) is 83.3. The molecule has 0 bridgehead atoms. The number of aliphatic hydroxyl groups excluding tert-OH is 8. The van der Waals surface area contributed by atoms with E-state index in [1.54, 1.807) is 6.08 Å². The highest BCUT2D eigenvalue weighted by Crippen LogP contribution is 2.30. The number of amides is 1. The number of rotatable bonds is 63. The molecular weight excluding hydrogens is 1120 g/mol. The fraction of sp³-hybridized carbons (Fsp3) is 0.907. The van der Waals surface area contributed by atoms with E-state index in [-0.39, 0.29) is 18.9 Å². The molecule has 2 aliphatic heterocycles. The van der Waals surface area contributed by atoms with Crippen LogP contribution in [0.15, 0.2) is 36.5 Å². The third-order valence-corrected chi connectivity index (χ3v) is 18.6. The Morgan fingerprint density at radius 1 is 0.393 bits per heavy atom. The van der Waals surface area contributed by atoms with Crippen molar-refractivity contribution in [2.45, 2.75) is 415 Å². The van der Waals surface area contributed by atoms with Gasteiger partial charge in [-0.1, -0.05) is 326 Å². The number of hydrogen-bond acceptors (Lipinski definition) is 13. The molecule has 524 valence electrons. The molecule has 2 aliphatic rings. The van der Waals surface area contributed by atoms with Crippen LogP contribution in [0.4, 0.5) is 0 Å². The molecule has 12 atom stereocenters. The Kier molecular flexibility index (Phi) is 56.1. The quantitative estimate of drug-likeness (QED) is 0.0204. The number of carbonyl (C=O) groups is 1. The Balaban J connectivity index is 1.56. The summed E-state index contributed by atoms with van der Waals surface area (Å²) in [4.78, 5) is 13.3. The van der Waals surface area contributed by atoms with E-state index in [0.29, 0.717) is 12.8 Å². The van der Waals surface area contributed by atoms with Crippen molar-refractivity contribution in [3.63, 3.8) is 0 Å². The molecular formula is C75H141NO13. The van der Waals surface area contributed by atoms with Crippen LogP contribution >= 0.6 is 0 Å². The molecule has 2 heterocycles. The van der Waals surface area contributed by atoms with E-state index in [9.17, 15) is 45.6 Å². The minimum absolute atomic E-state index is 0.247. The van der Waals surface area contributed by atoms with Gasteiger partial charge in [0.15, 0.2) is 12.6 Å². The zero-order valence-electron chi connectivity index (χ0n) is 57.2. The molecule has 12 unspecified atom stereocenters.